The van der Waals surface area contributed by atoms with Gasteiger partial charge in [0.1, 0.15) is 11.7 Å². The van der Waals surface area contributed by atoms with E-state index in [0.29, 0.717) is 4.67 Å². The van der Waals surface area contributed by atoms with Crippen LogP contribution in [0.3, 0.4) is 0 Å². The van der Waals surface area contributed by atoms with Gasteiger partial charge in [0.2, 0.25) is 5.60 Å². The molecule has 2 heterocycles. The zero-order valence-corrected chi connectivity index (χ0v) is 18.3. The van der Waals surface area contributed by atoms with Crippen LogP contribution in [0.5, 0.6) is 0 Å². The van der Waals surface area contributed by atoms with Crippen molar-refractivity contribution in [2.24, 2.45) is 5.16 Å². The number of thiazole rings is 1. The first-order valence-corrected chi connectivity index (χ1v) is 11.1. The fourth-order valence-electron chi connectivity index (χ4n) is 2.39. The molecule has 30 heavy (non-hydrogen) atoms. The molecule has 2 rings (SSSR count). The van der Waals surface area contributed by atoms with Gasteiger partial charge in [0, 0.05) is 5.38 Å². The molecule has 15 heteroatoms. The highest BCUT2D eigenvalue weighted by Gasteiger charge is 2.54. The molecule has 1 aliphatic rings. The second-order valence-corrected chi connectivity index (χ2v) is 9.26. The summed E-state index contributed by atoms with van der Waals surface area (Å²) in [5, 5.41) is 16.7. The predicted molar refractivity (Wildman–Crippen MR) is 106 cm³/mol. The molecule has 2 unspecified atom stereocenters. The SMILES string of the molecule is CCOP(=O)(O)N1C(=O)[C@H](NC(=O)/C(=N\OC(C)(C)C(=O)O)c2csc(N)n2)C1C. The van der Waals surface area contributed by atoms with Gasteiger partial charge < -0.3 is 25.9 Å². The van der Waals surface area contributed by atoms with Crippen molar-refractivity contribution in [2.45, 2.75) is 45.4 Å². The van der Waals surface area contributed by atoms with Crippen LogP contribution >= 0.6 is 19.1 Å². The van der Waals surface area contributed by atoms with Crippen LogP contribution < -0.4 is 11.1 Å². The maximum Gasteiger partial charge on any atom is 0.435 e. The van der Waals surface area contributed by atoms with Gasteiger partial charge in [-0.25, -0.2) is 19.0 Å². The van der Waals surface area contributed by atoms with Gasteiger partial charge in [-0.1, -0.05) is 5.16 Å². The fourth-order valence-corrected chi connectivity index (χ4v) is 4.36. The maximum atomic E-state index is 12.7. The Labute approximate surface area is 175 Å². The Kier molecular flexibility index (Phi) is 6.87. The van der Waals surface area contributed by atoms with Crippen molar-refractivity contribution in [1.82, 2.24) is 15.0 Å². The zero-order chi connectivity index (χ0) is 22.9. The molecule has 1 aliphatic heterocycles. The van der Waals surface area contributed by atoms with Crippen LogP contribution in [0, 0.1) is 0 Å². The third-order valence-corrected chi connectivity index (χ3v) is 6.45. The Morgan fingerprint density at radius 1 is 1.50 bits per heavy atom. The highest BCUT2D eigenvalue weighted by atomic mass is 32.1. The van der Waals surface area contributed by atoms with Gasteiger partial charge in [0.05, 0.1) is 12.6 Å². The first-order valence-electron chi connectivity index (χ1n) is 8.64. The number of nitrogens with zero attached hydrogens (tertiary/aromatic N) is 3. The van der Waals surface area contributed by atoms with Crippen molar-refractivity contribution < 1.29 is 38.3 Å². The van der Waals surface area contributed by atoms with Crippen LogP contribution in [-0.2, 0) is 28.3 Å². The Morgan fingerprint density at radius 3 is 2.60 bits per heavy atom. The lowest BCUT2D eigenvalue weighted by molar-refractivity contribution is -0.161. The molecule has 0 spiro atoms. The lowest BCUT2D eigenvalue weighted by atomic mass is 10.0. The van der Waals surface area contributed by atoms with Gasteiger partial charge in [0.25, 0.3) is 11.8 Å². The summed E-state index contributed by atoms with van der Waals surface area (Å²) in [6.07, 6.45) is 0. The van der Waals surface area contributed by atoms with E-state index in [2.05, 4.69) is 15.5 Å². The monoisotopic (exact) mass is 463 g/mol. The summed E-state index contributed by atoms with van der Waals surface area (Å²) in [4.78, 5) is 55.0. The van der Waals surface area contributed by atoms with Crippen molar-refractivity contribution in [3.8, 4) is 0 Å². The second-order valence-electron chi connectivity index (χ2n) is 6.70. The second kappa shape index (κ2) is 8.68. The van der Waals surface area contributed by atoms with E-state index in [-0.39, 0.29) is 17.4 Å². The van der Waals surface area contributed by atoms with E-state index in [0.717, 1.165) is 11.3 Å². The number of carboxylic acids is 1. The third-order valence-electron chi connectivity index (χ3n) is 4.08. The number of rotatable bonds is 9. The molecule has 0 bridgehead atoms. The summed E-state index contributed by atoms with van der Waals surface area (Å²) in [5.74, 6) is -3.05. The molecule has 1 aromatic rings. The molecule has 1 aromatic heterocycles. The molecular formula is C15H22N5O8PS. The summed E-state index contributed by atoms with van der Waals surface area (Å²) >= 11 is 1.01. The number of carbonyl (C=O) groups excluding carboxylic acids is 2. The van der Waals surface area contributed by atoms with E-state index in [1.807, 2.05) is 0 Å². The van der Waals surface area contributed by atoms with Gasteiger partial charge in [0.15, 0.2) is 10.8 Å². The van der Waals surface area contributed by atoms with E-state index in [4.69, 9.17) is 20.2 Å². The van der Waals surface area contributed by atoms with Crippen LogP contribution in [0.1, 0.15) is 33.4 Å². The molecule has 0 saturated carbocycles. The normalized spacial score (nSPS) is 21.6. The van der Waals surface area contributed by atoms with Crippen LogP contribution in [-0.4, -0.2) is 67.4 Å². The number of hydrogen-bond acceptors (Lipinski definition) is 10. The van der Waals surface area contributed by atoms with Crippen molar-refractivity contribution in [2.75, 3.05) is 12.3 Å². The number of carbonyl (C=O) groups is 3. The van der Waals surface area contributed by atoms with Gasteiger partial charge in [-0.3, -0.25) is 14.1 Å². The molecule has 2 amide bonds. The Balaban J connectivity index is 2.23. The van der Waals surface area contributed by atoms with Crippen molar-refractivity contribution >= 4 is 47.7 Å². The van der Waals surface area contributed by atoms with Crippen molar-refractivity contribution in [3.05, 3.63) is 11.1 Å². The maximum absolute atomic E-state index is 12.7. The number of β-lactam (4-membered cyclic amide) rings is 1. The number of nitrogen functional groups attached to an aromatic ring is 1. The highest BCUT2D eigenvalue weighted by Crippen LogP contribution is 2.52. The van der Waals surface area contributed by atoms with Crippen LogP contribution in [0.2, 0.25) is 0 Å². The molecular weight excluding hydrogens is 441 g/mol. The minimum absolute atomic E-state index is 0.00890. The molecule has 13 nitrogen and oxygen atoms in total. The summed E-state index contributed by atoms with van der Waals surface area (Å²) < 4.78 is 17.5. The molecule has 166 valence electrons. The topological polar surface area (TPSA) is 194 Å². The minimum Gasteiger partial charge on any atom is -0.478 e. The van der Waals surface area contributed by atoms with E-state index in [1.54, 1.807) is 0 Å². The number of oxime groups is 1. The van der Waals surface area contributed by atoms with Crippen LogP contribution in [0.25, 0.3) is 0 Å². The molecule has 5 N–H and O–H groups in total. The largest absolute Gasteiger partial charge is 0.478 e. The number of anilines is 1. The van der Waals surface area contributed by atoms with Gasteiger partial charge in [-0.05, 0) is 27.7 Å². The number of nitrogens with one attached hydrogen (secondary N) is 1. The summed E-state index contributed by atoms with van der Waals surface area (Å²) in [6, 6.07) is -1.98. The number of amides is 2. The van der Waals surface area contributed by atoms with Gasteiger partial charge in [-0.2, -0.15) is 0 Å². The number of carboxylic acid groups (broad SMARTS) is 1. The lowest BCUT2D eigenvalue weighted by Gasteiger charge is -2.45. The Hall–Kier alpha value is -2.54. The minimum atomic E-state index is -4.33. The number of hydrogen-bond donors (Lipinski definition) is 4. The average molecular weight is 463 g/mol. The van der Waals surface area contributed by atoms with E-state index < -0.39 is 48.9 Å². The zero-order valence-electron chi connectivity index (χ0n) is 16.6. The molecule has 0 aliphatic carbocycles. The molecule has 3 atom stereocenters. The van der Waals surface area contributed by atoms with Crippen LogP contribution in [0.15, 0.2) is 10.5 Å². The molecule has 0 radical (unpaired) electrons. The van der Waals surface area contributed by atoms with Gasteiger partial charge >= 0.3 is 13.7 Å². The standard InChI is InChI=1S/C15H22N5O8PS/c1-5-27-29(25,26)20-7(2)9(12(20)22)18-11(21)10(8-6-30-14(16)17-8)19-28-15(3,4)13(23)24/h6-7,9H,5H2,1-4H3,(H2,16,17)(H,18,21)(H,23,24)(H,25,26)/b19-10-/t7?,9-/m1/s1. The number of aromatic nitrogens is 1. The predicted octanol–water partition coefficient (Wildman–Crippen LogP) is 0.162. The first-order chi connectivity index (χ1) is 13.8. The van der Waals surface area contributed by atoms with E-state index in [1.165, 1.54) is 33.1 Å². The highest BCUT2D eigenvalue weighted by molar-refractivity contribution is 7.51. The summed E-state index contributed by atoms with van der Waals surface area (Å²) in [7, 11) is -4.33. The average Bonchev–Trinajstić information content (AvgIpc) is 3.05. The van der Waals surface area contributed by atoms with Crippen molar-refractivity contribution in [3.63, 3.8) is 0 Å². The Morgan fingerprint density at radius 2 is 2.13 bits per heavy atom. The fraction of sp³-hybridized carbons (Fsp3) is 0.533. The number of nitrogens with two attached hydrogens (primary N) is 1. The van der Waals surface area contributed by atoms with E-state index >= 15 is 0 Å². The molecule has 0 aromatic carbocycles. The first kappa shape index (κ1) is 23.7. The number of aliphatic carboxylic acids is 1. The summed E-state index contributed by atoms with van der Waals surface area (Å²) in [5.41, 5.74) is 3.43. The quantitative estimate of drug-likeness (QED) is 0.170. The molecule has 1 fully saturated rings. The van der Waals surface area contributed by atoms with E-state index in [9.17, 15) is 23.8 Å². The third kappa shape index (κ3) is 4.78. The molecule has 1 saturated heterocycles. The Bertz CT molecular complexity index is 932. The van der Waals surface area contributed by atoms with Gasteiger partial charge in [-0.15, -0.1) is 11.3 Å². The van der Waals surface area contributed by atoms with Crippen LogP contribution in [0.4, 0.5) is 5.13 Å². The van der Waals surface area contributed by atoms with Crippen molar-refractivity contribution in [1.29, 1.82) is 0 Å². The lowest BCUT2D eigenvalue weighted by Crippen LogP contribution is -2.68. The smallest absolute Gasteiger partial charge is 0.435 e. The summed E-state index contributed by atoms with van der Waals surface area (Å²) in [6.45, 7) is 5.32.